The van der Waals surface area contributed by atoms with Crippen molar-refractivity contribution in [3.05, 3.63) is 61.8 Å². The van der Waals surface area contributed by atoms with Gasteiger partial charge in [-0.05, 0) is 40.2 Å². The first-order valence-corrected chi connectivity index (χ1v) is 6.21. The fraction of sp³-hybridized carbons (Fsp3) is 0. The Labute approximate surface area is 121 Å². The van der Waals surface area contributed by atoms with Crippen LogP contribution in [0.3, 0.4) is 0 Å². The van der Waals surface area contributed by atoms with E-state index < -0.39 is 10.7 Å². The summed E-state index contributed by atoms with van der Waals surface area (Å²) in [6.45, 7) is 0. The van der Waals surface area contributed by atoms with Crippen LogP contribution in [0.2, 0.25) is 5.02 Å². The van der Waals surface area contributed by atoms with Crippen molar-refractivity contribution in [2.24, 2.45) is 0 Å². The molecule has 0 amide bonds. The highest BCUT2D eigenvalue weighted by molar-refractivity contribution is 9.10. The molecular weight excluding hydrogens is 340 g/mol. The summed E-state index contributed by atoms with van der Waals surface area (Å²) in [4.78, 5) is 10.3. The molecule has 19 heavy (non-hydrogen) atoms. The Kier molecular flexibility index (Phi) is 4.01. The van der Waals surface area contributed by atoms with Crippen LogP contribution >= 0.6 is 27.5 Å². The summed E-state index contributed by atoms with van der Waals surface area (Å²) in [5, 5.41) is 11.1. The maximum atomic E-state index is 13.3. The van der Waals surface area contributed by atoms with Crippen molar-refractivity contribution in [3.63, 3.8) is 0 Å². The molecule has 0 atom stereocenters. The number of rotatable bonds is 3. The molecule has 2 rings (SSSR count). The van der Waals surface area contributed by atoms with E-state index in [-0.39, 0.29) is 26.7 Å². The molecule has 0 radical (unpaired) electrons. The molecular formula is C12H6BrClFNO3. The number of hydrogen-bond acceptors (Lipinski definition) is 3. The van der Waals surface area contributed by atoms with E-state index in [1.54, 1.807) is 0 Å². The van der Waals surface area contributed by atoms with Gasteiger partial charge in [0.1, 0.15) is 11.6 Å². The van der Waals surface area contributed by atoms with Crippen LogP contribution in [-0.4, -0.2) is 4.92 Å². The highest BCUT2D eigenvalue weighted by Gasteiger charge is 2.16. The van der Waals surface area contributed by atoms with E-state index >= 15 is 0 Å². The lowest BCUT2D eigenvalue weighted by molar-refractivity contribution is -0.385. The van der Waals surface area contributed by atoms with E-state index in [2.05, 4.69) is 15.9 Å². The zero-order valence-electron chi connectivity index (χ0n) is 9.27. The van der Waals surface area contributed by atoms with Crippen molar-refractivity contribution in [1.82, 2.24) is 0 Å². The third-order valence-corrected chi connectivity index (χ3v) is 3.11. The molecule has 98 valence electrons. The second-order valence-corrected chi connectivity index (χ2v) is 4.84. The molecule has 7 heteroatoms. The van der Waals surface area contributed by atoms with Crippen LogP contribution in [0.15, 0.2) is 40.9 Å². The molecule has 2 aromatic carbocycles. The van der Waals surface area contributed by atoms with Gasteiger partial charge in [0.2, 0.25) is 5.75 Å². The second kappa shape index (κ2) is 5.54. The highest BCUT2D eigenvalue weighted by atomic mass is 79.9. The van der Waals surface area contributed by atoms with Crippen molar-refractivity contribution < 1.29 is 14.1 Å². The normalized spacial score (nSPS) is 10.3. The number of nitro benzene ring substituents is 1. The number of ether oxygens (including phenoxy) is 1. The van der Waals surface area contributed by atoms with Gasteiger partial charge in [0.15, 0.2) is 0 Å². The van der Waals surface area contributed by atoms with E-state index in [0.29, 0.717) is 0 Å². The van der Waals surface area contributed by atoms with Crippen molar-refractivity contribution >= 4 is 33.2 Å². The average Bonchev–Trinajstić information content (AvgIpc) is 2.36. The van der Waals surface area contributed by atoms with Gasteiger partial charge in [-0.1, -0.05) is 11.6 Å². The number of hydrogen-bond donors (Lipinski definition) is 0. The molecule has 0 bridgehead atoms. The largest absolute Gasteiger partial charge is 0.450 e. The van der Waals surface area contributed by atoms with Crippen molar-refractivity contribution in [2.75, 3.05) is 0 Å². The maximum Gasteiger partial charge on any atom is 0.313 e. The van der Waals surface area contributed by atoms with Crippen LogP contribution in [0.4, 0.5) is 10.1 Å². The first-order chi connectivity index (χ1) is 8.97. The molecule has 0 aliphatic heterocycles. The molecule has 0 heterocycles. The Morgan fingerprint density at radius 1 is 1.26 bits per heavy atom. The smallest absolute Gasteiger partial charge is 0.313 e. The molecule has 0 unspecified atom stereocenters. The van der Waals surface area contributed by atoms with Gasteiger partial charge >= 0.3 is 5.69 Å². The summed E-state index contributed by atoms with van der Waals surface area (Å²) in [7, 11) is 0. The summed E-state index contributed by atoms with van der Waals surface area (Å²) in [6, 6.07) is 8.06. The number of nitro groups is 1. The van der Waals surface area contributed by atoms with E-state index in [0.717, 1.165) is 6.07 Å². The summed E-state index contributed by atoms with van der Waals surface area (Å²) >= 11 is 8.69. The number of nitrogens with zero attached hydrogens (tertiary/aromatic N) is 1. The Morgan fingerprint density at radius 3 is 2.63 bits per heavy atom. The van der Waals surface area contributed by atoms with Crippen LogP contribution in [0.25, 0.3) is 0 Å². The first kappa shape index (κ1) is 13.8. The van der Waals surface area contributed by atoms with Gasteiger partial charge in [0.05, 0.1) is 9.40 Å². The summed E-state index contributed by atoms with van der Waals surface area (Å²) < 4.78 is 18.9. The van der Waals surface area contributed by atoms with E-state index in [1.807, 2.05) is 0 Å². The van der Waals surface area contributed by atoms with Crippen LogP contribution < -0.4 is 4.74 Å². The maximum absolute atomic E-state index is 13.3. The molecule has 0 fully saturated rings. The zero-order valence-corrected chi connectivity index (χ0v) is 11.6. The summed E-state index contributed by atoms with van der Waals surface area (Å²) in [5.41, 5.74) is -0.282. The third-order valence-electron chi connectivity index (χ3n) is 2.24. The number of benzene rings is 2. The van der Waals surface area contributed by atoms with Gasteiger partial charge in [-0.3, -0.25) is 10.1 Å². The zero-order chi connectivity index (χ0) is 14.0. The molecule has 0 aliphatic carbocycles. The molecule has 0 aromatic heterocycles. The van der Waals surface area contributed by atoms with Gasteiger partial charge in [-0.25, -0.2) is 4.39 Å². The van der Waals surface area contributed by atoms with Crippen LogP contribution in [0.5, 0.6) is 11.5 Å². The van der Waals surface area contributed by atoms with Gasteiger partial charge in [0, 0.05) is 17.2 Å². The highest BCUT2D eigenvalue weighted by Crippen LogP contribution is 2.34. The van der Waals surface area contributed by atoms with Crippen molar-refractivity contribution in [2.45, 2.75) is 0 Å². The Balaban J connectivity index is 2.37. The minimum atomic E-state index is -0.615. The lowest BCUT2D eigenvalue weighted by Gasteiger charge is -2.07. The molecule has 0 aliphatic rings. The first-order valence-electron chi connectivity index (χ1n) is 5.04. The standard InChI is InChI=1S/C12H6BrClFNO3/c13-9-3-2-8(6-10(9)15)19-12-4-1-7(14)5-11(12)16(17)18/h1-6H. The summed E-state index contributed by atoms with van der Waals surface area (Å²) in [5.74, 6) is -0.364. The van der Waals surface area contributed by atoms with E-state index in [9.17, 15) is 14.5 Å². The van der Waals surface area contributed by atoms with Gasteiger partial charge in [-0.15, -0.1) is 0 Å². The van der Waals surface area contributed by atoms with E-state index in [1.165, 1.54) is 30.3 Å². The fourth-order valence-electron chi connectivity index (χ4n) is 1.39. The van der Waals surface area contributed by atoms with Gasteiger partial charge in [0.25, 0.3) is 0 Å². The molecule has 0 saturated heterocycles. The fourth-order valence-corrected chi connectivity index (χ4v) is 1.80. The molecule has 4 nitrogen and oxygen atoms in total. The Hall–Kier alpha value is -1.66. The number of halogens is 3. The Morgan fingerprint density at radius 2 is 2.00 bits per heavy atom. The minimum absolute atomic E-state index is 0.00359. The van der Waals surface area contributed by atoms with Crippen LogP contribution in [-0.2, 0) is 0 Å². The SMILES string of the molecule is O=[N+]([O-])c1cc(Cl)ccc1Oc1ccc(Br)c(F)c1. The average molecular weight is 347 g/mol. The van der Waals surface area contributed by atoms with Gasteiger partial charge < -0.3 is 4.74 Å². The predicted octanol–water partition coefficient (Wildman–Crippen LogP) is 4.94. The quantitative estimate of drug-likeness (QED) is 0.584. The lowest BCUT2D eigenvalue weighted by atomic mass is 10.3. The molecule has 0 N–H and O–H groups in total. The topological polar surface area (TPSA) is 52.4 Å². The third kappa shape index (κ3) is 3.21. The molecule has 0 saturated carbocycles. The minimum Gasteiger partial charge on any atom is -0.450 e. The van der Waals surface area contributed by atoms with E-state index in [4.69, 9.17) is 16.3 Å². The molecule has 2 aromatic rings. The summed E-state index contributed by atoms with van der Waals surface area (Å²) in [6.07, 6.45) is 0. The van der Waals surface area contributed by atoms with Crippen molar-refractivity contribution in [1.29, 1.82) is 0 Å². The van der Waals surface area contributed by atoms with Crippen LogP contribution in [0.1, 0.15) is 0 Å². The van der Waals surface area contributed by atoms with Crippen molar-refractivity contribution in [3.8, 4) is 11.5 Å². The van der Waals surface area contributed by atoms with Gasteiger partial charge in [-0.2, -0.15) is 0 Å². The monoisotopic (exact) mass is 345 g/mol. The molecule has 0 spiro atoms. The van der Waals surface area contributed by atoms with Crippen LogP contribution in [0, 0.1) is 15.9 Å². The lowest BCUT2D eigenvalue weighted by Crippen LogP contribution is -1.93. The predicted molar refractivity (Wildman–Crippen MR) is 72.3 cm³/mol. The Bertz CT molecular complexity index is 651. The second-order valence-electron chi connectivity index (χ2n) is 3.55.